The maximum absolute atomic E-state index is 15.8. The summed E-state index contributed by atoms with van der Waals surface area (Å²) in [6.45, 7) is 3.54. The molecule has 1 spiro atoms. The minimum Gasteiger partial charge on any atom is -0.488 e. The molecule has 6 rings (SSSR count). The van der Waals surface area contributed by atoms with Crippen LogP contribution in [-0.4, -0.2) is 88.4 Å². The summed E-state index contributed by atoms with van der Waals surface area (Å²) in [5.74, 6) is 0.939. The second-order valence-electron chi connectivity index (χ2n) is 13.5. The number of amides is 2. The van der Waals surface area contributed by atoms with Crippen molar-refractivity contribution in [2.45, 2.75) is 101 Å². The van der Waals surface area contributed by atoms with Crippen molar-refractivity contribution in [3.8, 4) is 5.75 Å². The van der Waals surface area contributed by atoms with E-state index in [1.807, 2.05) is 4.90 Å². The number of carbonyl (C=O) groups is 2. The quantitative estimate of drug-likeness (QED) is 0.432. The first-order valence-corrected chi connectivity index (χ1v) is 17.0. The number of fused-ring (bicyclic) bond motifs is 2. The molecule has 4 aliphatic rings. The Morgan fingerprint density at radius 2 is 1.69 bits per heavy atom. The summed E-state index contributed by atoms with van der Waals surface area (Å²) in [4.78, 5) is 35.3. The lowest BCUT2D eigenvalue weighted by atomic mass is 9.80. The number of piperazine rings is 1. The maximum atomic E-state index is 15.8. The van der Waals surface area contributed by atoms with Gasteiger partial charge >= 0.3 is 0 Å². The molecule has 3 fully saturated rings. The lowest BCUT2D eigenvalue weighted by molar-refractivity contribution is -0.138. The third-order valence-corrected chi connectivity index (χ3v) is 10.5. The summed E-state index contributed by atoms with van der Waals surface area (Å²) >= 11 is 0. The van der Waals surface area contributed by atoms with Crippen LogP contribution in [0.2, 0.25) is 0 Å². The van der Waals surface area contributed by atoms with E-state index in [1.54, 1.807) is 23.1 Å². The summed E-state index contributed by atoms with van der Waals surface area (Å²) in [5.41, 5.74) is 6.23. The monoisotopic (exact) mass is 624 g/mol. The smallest absolute Gasteiger partial charge is 0.263 e. The first kappa shape index (κ1) is 31.6. The second kappa shape index (κ2) is 13.9. The van der Waals surface area contributed by atoms with E-state index >= 15 is 4.39 Å². The van der Waals surface area contributed by atoms with Crippen LogP contribution in [0.5, 0.6) is 5.75 Å². The van der Waals surface area contributed by atoms with E-state index in [1.165, 1.54) is 19.3 Å². The van der Waals surface area contributed by atoms with Gasteiger partial charge in [0.15, 0.2) is 5.82 Å². The third kappa shape index (κ3) is 6.76. The highest BCUT2D eigenvalue weighted by Gasteiger charge is 2.47. The number of hydrogen-bond acceptors (Lipinski definition) is 8. The number of hydrogen-bond donors (Lipinski definition) is 3. The zero-order valence-electron chi connectivity index (χ0n) is 26.6. The van der Waals surface area contributed by atoms with E-state index in [2.05, 4.69) is 32.7 Å². The number of halogens is 1. The molecule has 12 heteroatoms. The average molecular weight is 625 g/mol. The van der Waals surface area contributed by atoms with Crippen LogP contribution in [0.1, 0.15) is 93.8 Å². The molecule has 2 amide bonds. The molecule has 4 heterocycles. The Balaban J connectivity index is 1.13. The summed E-state index contributed by atoms with van der Waals surface area (Å²) in [5, 5.41) is 10.7. The number of nitrogens with one attached hydrogen (secondary N) is 2. The number of nitrogen functional groups attached to an aromatic ring is 1. The Morgan fingerprint density at radius 1 is 1.02 bits per heavy atom. The number of aromatic nitrogens is 3. The van der Waals surface area contributed by atoms with Gasteiger partial charge in [-0.3, -0.25) is 14.6 Å². The van der Waals surface area contributed by atoms with Crippen molar-refractivity contribution in [2.75, 3.05) is 56.1 Å². The molecule has 1 unspecified atom stereocenters. The predicted octanol–water partition coefficient (Wildman–Crippen LogP) is 4.81. The molecule has 246 valence electrons. The van der Waals surface area contributed by atoms with Crippen LogP contribution in [0.25, 0.3) is 0 Å². The molecular formula is C33H49FN8O3. The molecule has 2 aromatic rings. The number of pyridine rings is 1. The van der Waals surface area contributed by atoms with Crippen molar-refractivity contribution in [3.63, 3.8) is 0 Å². The highest BCUT2D eigenvalue weighted by molar-refractivity contribution is 6.11. The summed E-state index contributed by atoms with van der Waals surface area (Å²) in [7, 11) is 2.09. The molecule has 11 nitrogen and oxygen atoms in total. The van der Waals surface area contributed by atoms with Gasteiger partial charge in [-0.25, -0.2) is 9.07 Å². The van der Waals surface area contributed by atoms with E-state index < -0.39 is 17.6 Å². The number of carbonyl (C=O) groups excluding carboxylic acids is 2. The van der Waals surface area contributed by atoms with Gasteiger partial charge in [0.05, 0.1) is 17.8 Å². The molecule has 2 aromatic heterocycles. The van der Waals surface area contributed by atoms with Gasteiger partial charge in [-0.2, -0.15) is 5.10 Å². The lowest BCUT2D eigenvalue weighted by Crippen LogP contribution is -2.51. The Labute approximate surface area is 265 Å². The molecule has 4 N–H and O–H groups in total. The van der Waals surface area contributed by atoms with Crippen LogP contribution in [-0.2, 0) is 10.3 Å². The number of anilines is 3. The van der Waals surface area contributed by atoms with Gasteiger partial charge in [-0.05, 0) is 45.6 Å². The van der Waals surface area contributed by atoms with E-state index in [0.29, 0.717) is 30.1 Å². The predicted molar refractivity (Wildman–Crippen MR) is 172 cm³/mol. The number of nitrogens with zero attached hydrogens (tertiary/aromatic N) is 5. The molecule has 45 heavy (non-hydrogen) atoms. The van der Waals surface area contributed by atoms with Crippen LogP contribution >= 0.6 is 0 Å². The second-order valence-corrected chi connectivity index (χ2v) is 13.5. The Hall–Kier alpha value is -3.41. The average Bonchev–Trinajstić information content (AvgIpc) is 3.40. The first-order valence-electron chi connectivity index (χ1n) is 17.0. The van der Waals surface area contributed by atoms with Crippen molar-refractivity contribution in [1.82, 2.24) is 24.6 Å². The van der Waals surface area contributed by atoms with Crippen LogP contribution in [0.3, 0.4) is 0 Å². The van der Waals surface area contributed by atoms with Gasteiger partial charge in [0.2, 0.25) is 5.91 Å². The highest BCUT2D eigenvalue weighted by atomic mass is 19.1. The molecule has 2 saturated carbocycles. The Kier molecular flexibility index (Phi) is 9.77. The van der Waals surface area contributed by atoms with Crippen LogP contribution < -0.4 is 21.1 Å². The zero-order valence-corrected chi connectivity index (χ0v) is 26.6. The fourth-order valence-electron chi connectivity index (χ4n) is 7.70. The van der Waals surface area contributed by atoms with Gasteiger partial charge in [0, 0.05) is 50.9 Å². The van der Waals surface area contributed by atoms with Crippen molar-refractivity contribution < 1.29 is 18.7 Å². The molecule has 2 aliphatic heterocycles. The fourth-order valence-corrected chi connectivity index (χ4v) is 7.70. The van der Waals surface area contributed by atoms with Gasteiger partial charge < -0.3 is 30.9 Å². The summed E-state index contributed by atoms with van der Waals surface area (Å²) < 4.78 is 23.9. The fraction of sp³-hybridized carbons (Fsp3) is 0.697. The standard InChI is InChI=1S/C33H49FN8O3/c1-40-17-19-41(20-18-40)32(44)23-9-11-24(12-10-23)45-26-13-16-36-21-25(26)38-31(43)28-29(35)39-42-30(28)37-22-27(34)33(42)14-7-5-3-2-4-6-8-15-33/h13,16,21,23-24,27,37H,2-12,14-15,17-20,22H2,1H3,(H2,35,39)(H,38,43)/t23-,24+,27?. The van der Waals surface area contributed by atoms with Gasteiger partial charge in [0.25, 0.3) is 5.91 Å². The summed E-state index contributed by atoms with van der Waals surface area (Å²) in [6.07, 6.45) is 14.0. The van der Waals surface area contributed by atoms with E-state index in [-0.39, 0.29) is 35.9 Å². The minimum absolute atomic E-state index is 0.0349. The molecule has 0 aromatic carbocycles. The SMILES string of the molecule is CN1CCN(C(=O)[C@H]2CC[C@@H](Oc3ccncc3NC(=O)c3c(N)nn4c3NCC(F)C43CCCCCCCCC3)CC2)CC1. The lowest BCUT2D eigenvalue weighted by Gasteiger charge is -2.42. The van der Waals surface area contributed by atoms with E-state index in [4.69, 9.17) is 10.5 Å². The number of rotatable bonds is 5. The van der Waals surface area contributed by atoms with Gasteiger partial charge in [-0.1, -0.05) is 44.9 Å². The van der Waals surface area contributed by atoms with Crippen LogP contribution in [0.15, 0.2) is 18.5 Å². The third-order valence-electron chi connectivity index (χ3n) is 10.5. The normalized spacial score (nSPS) is 26.0. The van der Waals surface area contributed by atoms with E-state index in [0.717, 1.165) is 77.5 Å². The number of alkyl halides is 1. The van der Waals surface area contributed by atoms with Crippen molar-refractivity contribution in [1.29, 1.82) is 0 Å². The first-order chi connectivity index (χ1) is 21.9. The highest BCUT2D eigenvalue weighted by Crippen LogP contribution is 2.43. The maximum Gasteiger partial charge on any atom is 0.263 e. The van der Waals surface area contributed by atoms with E-state index in [9.17, 15) is 9.59 Å². The number of likely N-dealkylation sites (N-methyl/N-ethyl adjacent to an activating group) is 1. The molecular weight excluding hydrogens is 575 g/mol. The van der Waals surface area contributed by atoms with Crippen molar-refractivity contribution in [2.24, 2.45) is 5.92 Å². The Morgan fingerprint density at radius 3 is 2.38 bits per heavy atom. The molecule has 1 atom stereocenters. The van der Waals surface area contributed by atoms with Crippen LogP contribution in [0, 0.1) is 5.92 Å². The molecule has 0 bridgehead atoms. The topological polar surface area (TPSA) is 131 Å². The number of ether oxygens (including phenoxy) is 1. The summed E-state index contributed by atoms with van der Waals surface area (Å²) in [6, 6.07) is 1.74. The Bertz CT molecular complexity index is 1330. The van der Waals surface area contributed by atoms with Crippen molar-refractivity contribution >= 4 is 29.1 Å². The molecule has 0 radical (unpaired) electrons. The van der Waals surface area contributed by atoms with Crippen LogP contribution in [0.4, 0.5) is 21.7 Å². The molecule has 1 saturated heterocycles. The van der Waals surface area contributed by atoms with Gasteiger partial charge in [0.1, 0.15) is 29.0 Å². The minimum atomic E-state index is -1.12. The van der Waals surface area contributed by atoms with Gasteiger partial charge in [-0.15, -0.1) is 0 Å². The largest absolute Gasteiger partial charge is 0.488 e. The number of nitrogens with two attached hydrogens (primary N) is 1. The zero-order chi connectivity index (χ0) is 31.4. The van der Waals surface area contributed by atoms with Crippen molar-refractivity contribution in [3.05, 3.63) is 24.0 Å². The molecule has 2 aliphatic carbocycles.